The zero-order valence-corrected chi connectivity index (χ0v) is 11.6. The van der Waals surface area contributed by atoms with Crippen molar-refractivity contribution in [1.29, 1.82) is 0 Å². The smallest absolute Gasteiger partial charge is 0.486 e. The predicted octanol–water partition coefficient (Wildman–Crippen LogP) is 2.39. The lowest BCUT2D eigenvalue weighted by molar-refractivity contribution is 0.0694. The highest BCUT2D eigenvalue weighted by molar-refractivity contribution is 6.15. The number of aromatic nitrogens is 1. The molecule has 3 rings (SSSR count). The van der Waals surface area contributed by atoms with Crippen molar-refractivity contribution < 1.29 is 32.1 Å². The summed E-state index contributed by atoms with van der Waals surface area (Å²) in [4.78, 5) is 23.1. The van der Waals surface area contributed by atoms with Crippen LogP contribution >= 0.6 is 0 Å². The van der Waals surface area contributed by atoms with Crippen LogP contribution in [0.5, 0.6) is 5.75 Å². The molecule has 0 aliphatic carbocycles. The minimum Gasteiger partial charge on any atom is -0.486 e. The van der Waals surface area contributed by atoms with E-state index >= 15 is 0 Å². The summed E-state index contributed by atoms with van der Waals surface area (Å²) >= 11 is 0. The van der Waals surface area contributed by atoms with Crippen LogP contribution in [0.4, 0.5) is 17.4 Å². The van der Waals surface area contributed by atoms with Crippen LogP contribution in [-0.2, 0) is 0 Å². The number of carboxylic acids is 1. The first-order chi connectivity index (χ1) is 10.8. The van der Waals surface area contributed by atoms with E-state index in [-0.39, 0.29) is 29.3 Å². The van der Waals surface area contributed by atoms with Crippen LogP contribution in [0, 0.1) is 11.6 Å². The minimum absolute atomic E-state index is 0.0599. The maximum atomic E-state index is 13.7. The van der Waals surface area contributed by atoms with Gasteiger partial charge < -0.3 is 14.4 Å². The lowest BCUT2D eigenvalue weighted by Gasteiger charge is -2.27. The number of pyridine rings is 1. The van der Waals surface area contributed by atoms with Gasteiger partial charge in [-0.3, -0.25) is 13.4 Å². The van der Waals surface area contributed by atoms with E-state index < -0.39 is 36.4 Å². The third-order valence-corrected chi connectivity index (χ3v) is 3.34. The first kappa shape index (κ1) is 16.8. The van der Waals surface area contributed by atoms with Crippen molar-refractivity contribution in [2.45, 2.75) is 13.0 Å². The van der Waals surface area contributed by atoms with Gasteiger partial charge in [-0.05, 0) is 13.0 Å². The molecule has 0 amide bonds. The summed E-state index contributed by atoms with van der Waals surface area (Å²) in [5.41, 5.74) is -1.26. The SMILES string of the molecule is C[C@@H]1COc2c(F)c(F)cc3c(=O)c(C(=O)O)cn1c23.F[B]F. The number of aromatic carboxylic acids is 1. The maximum absolute atomic E-state index is 13.7. The molecule has 1 N–H and O–H groups in total. The van der Waals surface area contributed by atoms with Gasteiger partial charge in [-0.15, -0.1) is 0 Å². The highest BCUT2D eigenvalue weighted by atomic mass is 19.2. The summed E-state index contributed by atoms with van der Waals surface area (Å²) in [6, 6.07) is 0.412. The summed E-state index contributed by atoms with van der Waals surface area (Å²) in [6.07, 6.45) is 1.14. The van der Waals surface area contributed by atoms with E-state index in [1.54, 1.807) is 6.92 Å². The quantitative estimate of drug-likeness (QED) is 0.644. The normalized spacial score (nSPS) is 15.4. The van der Waals surface area contributed by atoms with Crippen LogP contribution in [0.3, 0.4) is 0 Å². The third kappa shape index (κ3) is 2.76. The molecule has 1 aromatic carbocycles. The minimum atomic E-state index is -1.41. The fourth-order valence-corrected chi connectivity index (χ4v) is 2.35. The molecule has 1 aromatic heterocycles. The molecular weight excluding hydrogens is 321 g/mol. The molecule has 2 heterocycles. The van der Waals surface area contributed by atoms with Crippen LogP contribution in [0.2, 0.25) is 0 Å². The topological polar surface area (TPSA) is 68.5 Å². The molecule has 1 aliphatic rings. The molecule has 1 aliphatic heterocycles. The first-order valence-corrected chi connectivity index (χ1v) is 6.28. The van der Waals surface area contributed by atoms with E-state index in [1.165, 1.54) is 4.57 Å². The van der Waals surface area contributed by atoms with Crippen molar-refractivity contribution in [2.24, 2.45) is 0 Å². The van der Waals surface area contributed by atoms with Crippen LogP contribution in [-0.4, -0.2) is 30.1 Å². The second kappa shape index (κ2) is 6.31. The number of ether oxygens (including phenoxy) is 1. The number of nitrogens with zero attached hydrogens (tertiary/aromatic N) is 1. The third-order valence-electron chi connectivity index (χ3n) is 3.34. The van der Waals surface area contributed by atoms with Crippen molar-refractivity contribution in [3.05, 3.63) is 39.7 Å². The number of benzene rings is 1. The molecule has 121 valence electrons. The fraction of sp³-hybridized carbons (Fsp3) is 0.231. The lowest BCUT2D eigenvalue weighted by atomic mass is 10.1. The van der Waals surface area contributed by atoms with Crippen LogP contribution in [0.1, 0.15) is 23.3 Å². The van der Waals surface area contributed by atoms with E-state index in [4.69, 9.17) is 9.84 Å². The van der Waals surface area contributed by atoms with Gasteiger partial charge in [-0.25, -0.2) is 9.18 Å². The Kier molecular flexibility index (Phi) is 4.62. The van der Waals surface area contributed by atoms with E-state index in [9.17, 15) is 27.0 Å². The molecule has 23 heavy (non-hydrogen) atoms. The predicted molar refractivity (Wildman–Crippen MR) is 73.3 cm³/mol. The van der Waals surface area contributed by atoms with Gasteiger partial charge in [-0.1, -0.05) is 0 Å². The van der Waals surface area contributed by atoms with Crippen molar-refractivity contribution >= 4 is 24.7 Å². The molecule has 0 saturated heterocycles. The van der Waals surface area contributed by atoms with Gasteiger partial charge in [0.1, 0.15) is 12.2 Å². The first-order valence-electron chi connectivity index (χ1n) is 6.28. The van der Waals surface area contributed by atoms with Crippen molar-refractivity contribution in [3.8, 4) is 5.75 Å². The van der Waals surface area contributed by atoms with Crippen LogP contribution in [0.15, 0.2) is 17.1 Å². The van der Waals surface area contributed by atoms with Gasteiger partial charge in [-0.2, -0.15) is 4.39 Å². The Morgan fingerprint density at radius 3 is 2.61 bits per heavy atom. The monoisotopic (exact) mass is 330 g/mol. The van der Waals surface area contributed by atoms with Crippen LogP contribution in [0.25, 0.3) is 10.9 Å². The average Bonchev–Trinajstić information content (AvgIpc) is 2.49. The molecule has 1 radical (unpaired) electrons. The van der Waals surface area contributed by atoms with Gasteiger partial charge in [0.05, 0.1) is 16.9 Å². The number of carboxylic acid groups (broad SMARTS) is 1. The van der Waals surface area contributed by atoms with Gasteiger partial charge in [0, 0.05) is 6.20 Å². The van der Waals surface area contributed by atoms with Crippen molar-refractivity contribution in [3.63, 3.8) is 0 Å². The second-order valence-electron chi connectivity index (χ2n) is 4.72. The van der Waals surface area contributed by atoms with Gasteiger partial charge in [0.25, 0.3) is 0 Å². The standard InChI is InChI=1S/C13H9F2NO4.BF2/c1-5-4-20-12-9(15)8(14)2-6-10(12)16(5)3-7(11(6)17)13(18)19;2-1-3/h2-3,5H,4H2,1H3,(H,18,19);/t5-;/m1./s1. The lowest BCUT2D eigenvalue weighted by Crippen LogP contribution is -2.27. The Hall–Kier alpha value is -2.52. The zero-order valence-electron chi connectivity index (χ0n) is 11.6. The summed E-state index contributed by atoms with van der Waals surface area (Å²) in [6.45, 7) is 1.78. The highest BCUT2D eigenvalue weighted by Gasteiger charge is 2.27. The maximum Gasteiger partial charge on any atom is 0.577 e. The number of halogens is 4. The molecule has 0 unspecified atom stereocenters. The Labute approximate surface area is 127 Å². The molecular formula is C13H9BF4NO4. The zero-order chi connectivity index (χ0) is 17.3. The molecule has 10 heteroatoms. The number of hydrogen-bond acceptors (Lipinski definition) is 3. The van der Waals surface area contributed by atoms with E-state index in [1.807, 2.05) is 0 Å². The summed E-state index contributed by atoms with van der Waals surface area (Å²) in [7, 11) is -1.00. The largest absolute Gasteiger partial charge is 0.577 e. The van der Waals surface area contributed by atoms with Crippen molar-refractivity contribution in [1.82, 2.24) is 4.57 Å². The van der Waals surface area contributed by atoms with Crippen molar-refractivity contribution in [2.75, 3.05) is 6.61 Å². The summed E-state index contributed by atoms with van der Waals surface area (Å²) in [5, 5.41) is 8.83. The van der Waals surface area contributed by atoms with E-state index in [0.717, 1.165) is 6.20 Å². The Bertz CT molecular complexity index is 839. The molecule has 1 atom stereocenters. The molecule has 0 spiro atoms. The molecule has 0 saturated carbocycles. The molecule has 0 fully saturated rings. The highest BCUT2D eigenvalue weighted by Crippen LogP contribution is 2.35. The fourth-order valence-electron chi connectivity index (χ4n) is 2.35. The second-order valence-corrected chi connectivity index (χ2v) is 4.72. The van der Waals surface area contributed by atoms with Crippen LogP contribution < -0.4 is 10.2 Å². The number of carbonyl (C=O) groups is 1. The van der Waals surface area contributed by atoms with Gasteiger partial charge >= 0.3 is 13.8 Å². The Morgan fingerprint density at radius 1 is 1.43 bits per heavy atom. The molecule has 5 nitrogen and oxygen atoms in total. The van der Waals surface area contributed by atoms with E-state index in [0.29, 0.717) is 6.07 Å². The van der Waals surface area contributed by atoms with Gasteiger partial charge in [0.15, 0.2) is 11.6 Å². The Morgan fingerprint density at radius 2 is 2.04 bits per heavy atom. The molecule has 0 bridgehead atoms. The van der Waals surface area contributed by atoms with E-state index in [2.05, 4.69) is 0 Å². The van der Waals surface area contributed by atoms with Gasteiger partial charge in [0.2, 0.25) is 11.2 Å². The molecule has 2 aromatic rings. The Balaban J connectivity index is 0.000000595. The summed E-state index contributed by atoms with van der Waals surface area (Å²) < 4.78 is 52.8. The number of hydrogen-bond donors (Lipinski definition) is 1. The average molecular weight is 330 g/mol. The summed E-state index contributed by atoms with van der Waals surface area (Å²) in [5.74, 6) is -4.19. The number of rotatable bonds is 1.